The van der Waals surface area contributed by atoms with Crippen LogP contribution in [0.2, 0.25) is 5.02 Å². The highest BCUT2D eigenvalue weighted by Gasteiger charge is 2.23. The van der Waals surface area contributed by atoms with Crippen LogP contribution in [0.4, 0.5) is 0 Å². The van der Waals surface area contributed by atoms with Crippen molar-refractivity contribution in [1.29, 1.82) is 0 Å². The van der Waals surface area contributed by atoms with Gasteiger partial charge in [-0.3, -0.25) is 9.89 Å². The fourth-order valence-electron chi connectivity index (χ4n) is 2.85. The summed E-state index contributed by atoms with van der Waals surface area (Å²) in [4.78, 5) is 7.29. The lowest BCUT2D eigenvalue weighted by atomic mass is 10.0. The van der Waals surface area contributed by atoms with Gasteiger partial charge in [-0.2, -0.15) is 0 Å². The van der Waals surface area contributed by atoms with Gasteiger partial charge in [-0.15, -0.1) is 0 Å². The fraction of sp³-hybridized carbons (Fsp3) is 0.632. The van der Waals surface area contributed by atoms with Crippen molar-refractivity contribution in [1.82, 2.24) is 15.5 Å². The summed E-state index contributed by atoms with van der Waals surface area (Å²) in [7, 11) is 0. The average Bonchev–Trinajstić information content (AvgIpc) is 2.56. The lowest BCUT2D eigenvalue weighted by Crippen LogP contribution is -2.48. The van der Waals surface area contributed by atoms with Crippen molar-refractivity contribution in [2.45, 2.75) is 39.3 Å². The van der Waals surface area contributed by atoms with Gasteiger partial charge in [0.05, 0.1) is 25.8 Å². The van der Waals surface area contributed by atoms with Crippen LogP contribution in [0.1, 0.15) is 39.3 Å². The van der Waals surface area contributed by atoms with Gasteiger partial charge in [-0.25, -0.2) is 0 Å². The molecule has 140 valence electrons. The Kier molecular flexibility index (Phi) is 7.54. The quantitative estimate of drug-likeness (QED) is 0.621. The van der Waals surface area contributed by atoms with Crippen molar-refractivity contribution < 1.29 is 4.74 Å². The van der Waals surface area contributed by atoms with Gasteiger partial charge in [0.15, 0.2) is 5.96 Å². The number of nitrogens with one attached hydrogen (secondary N) is 2. The predicted molar refractivity (Wildman–Crippen MR) is 105 cm³/mol. The highest BCUT2D eigenvalue weighted by Crippen LogP contribution is 2.24. The number of benzene rings is 1. The van der Waals surface area contributed by atoms with E-state index in [1.54, 1.807) is 0 Å². The molecular formula is C19H31ClN4O. The van der Waals surface area contributed by atoms with Gasteiger partial charge in [0.2, 0.25) is 0 Å². The number of ether oxygens (including phenoxy) is 1. The van der Waals surface area contributed by atoms with Gasteiger partial charge >= 0.3 is 0 Å². The van der Waals surface area contributed by atoms with E-state index in [1.165, 1.54) is 5.56 Å². The van der Waals surface area contributed by atoms with Crippen LogP contribution in [0.15, 0.2) is 29.3 Å². The number of hydrogen-bond donors (Lipinski definition) is 2. The second-order valence-corrected chi connectivity index (χ2v) is 7.75. The summed E-state index contributed by atoms with van der Waals surface area (Å²) in [5.41, 5.74) is 1.21. The Balaban J connectivity index is 2.18. The molecule has 0 radical (unpaired) electrons. The first kappa shape index (κ1) is 20.0. The van der Waals surface area contributed by atoms with E-state index in [2.05, 4.69) is 55.4 Å². The topological polar surface area (TPSA) is 48.9 Å². The molecule has 1 aromatic rings. The number of halogens is 1. The molecule has 0 aromatic heterocycles. The Bertz CT molecular complexity index is 548. The third-order valence-electron chi connectivity index (χ3n) is 4.00. The van der Waals surface area contributed by atoms with Crippen LogP contribution in [0.3, 0.4) is 0 Å². The van der Waals surface area contributed by atoms with Crippen LogP contribution < -0.4 is 10.6 Å². The van der Waals surface area contributed by atoms with Crippen molar-refractivity contribution in [3.63, 3.8) is 0 Å². The Labute approximate surface area is 156 Å². The summed E-state index contributed by atoms with van der Waals surface area (Å²) in [6.45, 7) is 13.4. The Morgan fingerprint density at radius 3 is 2.44 bits per heavy atom. The molecule has 1 aromatic carbocycles. The fourth-order valence-corrected chi connectivity index (χ4v) is 2.97. The predicted octanol–water partition coefficient (Wildman–Crippen LogP) is 3.07. The molecule has 1 aliphatic heterocycles. The largest absolute Gasteiger partial charge is 0.379 e. The second kappa shape index (κ2) is 9.41. The van der Waals surface area contributed by atoms with Crippen molar-refractivity contribution in [2.75, 3.05) is 39.4 Å². The minimum atomic E-state index is -0.0320. The van der Waals surface area contributed by atoms with Gasteiger partial charge in [-0.05, 0) is 45.4 Å². The van der Waals surface area contributed by atoms with Gasteiger partial charge in [0.1, 0.15) is 0 Å². The summed E-state index contributed by atoms with van der Waals surface area (Å²) in [6, 6.07) is 8.32. The Hall–Kier alpha value is -1.30. The summed E-state index contributed by atoms with van der Waals surface area (Å²) in [6.07, 6.45) is 0. The second-order valence-electron chi connectivity index (χ2n) is 7.31. The molecule has 0 spiro atoms. The van der Waals surface area contributed by atoms with Crippen molar-refractivity contribution in [3.8, 4) is 0 Å². The van der Waals surface area contributed by atoms with E-state index in [-0.39, 0.29) is 11.6 Å². The van der Waals surface area contributed by atoms with E-state index < -0.39 is 0 Å². The standard InChI is InChI=1S/C19H31ClN4O/c1-5-21-18(23-19(2,3)4)22-14-17(24-10-12-25-13-11-24)15-6-8-16(20)9-7-15/h6-9,17H,5,10-14H2,1-4H3,(H2,21,22,23). The third kappa shape index (κ3) is 6.84. The molecule has 1 atom stereocenters. The first-order chi connectivity index (χ1) is 11.9. The molecule has 2 N–H and O–H groups in total. The zero-order valence-electron chi connectivity index (χ0n) is 15.8. The number of nitrogens with zero attached hydrogens (tertiary/aromatic N) is 2. The van der Waals surface area contributed by atoms with Crippen molar-refractivity contribution >= 4 is 17.6 Å². The van der Waals surface area contributed by atoms with Crippen molar-refractivity contribution in [3.05, 3.63) is 34.9 Å². The van der Waals surface area contributed by atoms with E-state index in [0.29, 0.717) is 6.54 Å². The number of hydrogen-bond acceptors (Lipinski definition) is 3. The summed E-state index contributed by atoms with van der Waals surface area (Å²) < 4.78 is 5.51. The molecule has 5 nitrogen and oxygen atoms in total. The normalized spacial score (nSPS) is 18.0. The summed E-state index contributed by atoms with van der Waals surface area (Å²) >= 11 is 6.06. The molecule has 1 fully saturated rings. The highest BCUT2D eigenvalue weighted by atomic mass is 35.5. The van der Waals surface area contributed by atoms with Crippen LogP contribution in [0, 0.1) is 0 Å². The Morgan fingerprint density at radius 1 is 1.24 bits per heavy atom. The third-order valence-corrected chi connectivity index (χ3v) is 4.25. The van der Waals surface area contributed by atoms with Gasteiger partial charge < -0.3 is 15.4 Å². The maximum Gasteiger partial charge on any atom is 0.191 e. The van der Waals surface area contributed by atoms with E-state index in [1.807, 2.05) is 12.1 Å². The van der Waals surface area contributed by atoms with Crippen molar-refractivity contribution in [2.24, 2.45) is 4.99 Å². The Morgan fingerprint density at radius 2 is 1.88 bits per heavy atom. The lowest BCUT2D eigenvalue weighted by Gasteiger charge is -2.34. The first-order valence-electron chi connectivity index (χ1n) is 9.03. The van der Waals surface area contributed by atoms with E-state index in [0.717, 1.165) is 43.8 Å². The molecule has 1 saturated heterocycles. The van der Waals surface area contributed by atoms with E-state index >= 15 is 0 Å². The zero-order chi connectivity index (χ0) is 18.3. The maximum absolute atomic E-state index is 6.06. The molecule has 0 bridgehead atoms. The van der Waals surface area contributed by atoms with Crippen LogP contribution >= 0.6 is 11.6 Å². The van der Waals surface area contributed by atoms with Gasteiger partial charge in [0, 0.05) is 30.2 Å². The summed E-state index contributed by atoms with van der Waals surface area (Å²) in [5, 5.41) is 7.54. The molecule has 1 unspecified atom stereocenters. The monoisotopic (exact) mass is 366 g/mol. The first-order valence-corrected chi connectivity index (χ1v) is 9.40. The zero-order valence-corrected chi connectivity index (χ0v) is 16.6. The molecule has 25 heavy (non-hydrogen) atoms. The maximum atomic E-state index is 6.06. The van der Waals surface area contributed by atoms with Crippen LogP contribution in [-0.4, -0.2) is 55.8 Å². The molecule has 0 amide bonds. The molecule has 1 aliphatic rings. The molecular weight excluding hydrogens is 336 g/mol. The van der Waals surface area contributed by atoms with Gasteiger partial charge in [-0.1, -0.05) is 23.7 Å². The molecule has 2 rings (SSSR count). The summed E-state index contributed by atoms with van der Waals surface area (Å²) in [5.74, 6) is 0.849. The van der Waals surface area contributed by atoms with Crippen LogP contribution in [0.25, 0.3) is 0 Å². The molecule has 0 saturated carbocycles. The van der Waals surface area contributed by atoms with Crippen LogP contribution in [-0.2, 0) is 4.74 Å². The van der Waals surface area contributed by atoms with Gasteiger partial charge in [0.25, 0.3) is 0 Å². The smallest absolute Gasteiger partial charge is 0.191 e. The number of morpholine rings is 1. The molecule has 1 heterocycles. The number of aliphatic imine (C=N–C) groups is 1. The lowest BCUT2D eigenvalue weighted by molar-refractivity contribution is 0.0179. The SMILES string of the molecule is CCNC(=NCC(c1ccc(Cl)cc1)N1CCOCC1)NC(C)(C)C. The minimum Gasteiger partial charge on any atom is -0.379 e. The molecule has 0 aliphatic carbocycles. The minimum absolute atomic E-state index is 0.0320. The van der Waals surface area contributed by atoms with Crippen LogP contribution in [0.5, 0.6) is 0 Å². The van der Waals surface area contributed by atoms with E-state index in [4.69, 9.17) is 21.3 Å². The molecule has 6 heteroatoms. The number of guanidine groups is 1. The average molecular weight is 367 g/mol. The van der Waals surface area contributed by atoms with E-state index in [9.17, 15) is 0 Å². The number of rotatable bonds is 5. The highest BCUT2D eigenvalue weighted by molar-refractivity contribution is 6.30.